The van der Waals surface area contributed by atoms with Gasteiger partial charge in [0.2, 0.25) is 0 Å². The van der Waals surface area contributed by atoms with E-state index in [-0.39, 0.29) is 11.3 Å². The fourth-order valence-corrected chi connectivity index (χ4v) is 4.32. The van der Waals surface area contributed by atoms with Gasteiger partial charge in [0.15, 0.2) is 0 Å². The molecular formula is C22H28N2O2S. The van der Waals surface area contributed by atoms with Gasteiger partial charge in [0.05, 0.1) is 6.61 Å². The molecule has 0 aliphatic carbocycles. The number of hydrogen-bond donors (Lipinski definition) is 2. The zero-order valence-corrected chi connectivity index (χ0v) is 16.7. The summed E-state index contributed by atoms with van der Waals surface area (Å²) >= 11 is 1.80. The van der Waals surface area contributed by atoms with Crippen LogP contribution in [0.25, 0.3) is 0 Å². The van der Waals surface area contributed by atoms with Crippen LogP contribution in [0.15, 0.2) is 59.5 Å². The van der Waals surface area contributed by atoms with Crippen LogP contribution in [0.3, 0.4) is 0 Å². The van der Waals surface area contributed by atoms with Crippen molar-refractivity contribution in [1.29, 1.82) is 0 Å². The Hall–Kier alpha value is -1.82. The minimum atomic E-state index is -0.00808. The van der Waals surface area contributed by atoms with Crippen molar-refractivity contribution in [1.82, 2.24) is 10.6 Å². The van der Waals surface area contributed by atoms with E-state index in [1.54, 1.807) is 18.9 Å². The van der Waals surface area contributed by atoms with E-state index in [1.165, 1.54) is 10.5 Å². The highest BCUT2D eigenvalue weighted by Gasteiger charge is 2.32. The molecule has 0 unspecified atom stereocenters. The van der Waals surface area contributed by atoms with Gasteiger partial charge in [0, 0.05) is 35.3 Å². The lowest BCUT2D eigenvalue weighted by Crippen LogP contribution is -2.47. The zero-order valence-electron chi connectivity index (χ0n) is 15.9. The predicted molar refractivity (Wildman–Crippen MR) is 111 cm³/mol. The molecule has 3 rings (SSSR count). The van der Waals surface area contributed by atoms with E-state index in [9.17, 15) is 4.79 Å². The molecular weight excluding hydrogens is 356 g/mol. The van der Waals surface area contributed by atoms with Crippen LogP contribution in [0.2, 0.25) is 0 Å². The summed E-state index contributed by atoms with van der Waals surface area (Å²) in [5.74, 6) is 0.891. The number of amides is 1. The maximum atomic E-state index is 12.6. The predicted octanol–water partition coefficient (Wildman–Crippen LogP) is 3.72. The van der Waals surface area contributed by atoms with E-state index in [1.807, 2.05) is 30.3 Å². The summed E-state index contributed by atoms with van der Waals surface area (Å²) in [6.07, 6.45) is 2.05. The zero-order chi connectivity index (χ0) is 19.0. The van der Waals surface area contributed by atoms with Gasteiger partial charge in [-0.25, -0.2) is 0 Å². The molecule has 1 aliphatic heterocycles. The van der Waals surface area contributed by atoms with Crippen molar-refractivity contribution >= 4 is 17.7 Å². The lowest BCUT2D eigenvalue weighted by Gasteiger charge is -2.37. The second-order valence-corrected chi connectivity index (χ2v) is 8.21. The molecule has 1 aliphatic rings. The van der Waals surface area contributed by atoms with E-state index in [2.05, 4.69) is 34.9 Å². The van der Waals surface area contributed by atoms with Gasteiger partial charge in [-0.1, -0.05) is 30.3 Å². The van der Waals surface area contributed by atoms with Gasteiger partial charge in [0.25, 0.3) is 5.91 Å². The van der Waals surface area contributed by atoms with E-state index in [0.29, 0.717) is 18.7 Å². The van der Waals surface area contributed by atoms with Crippen LogP contribution in [0.5, 0.6) is 0 Å². The van der Waals surface area contributed by atoms with Gasteiger partial charge >= 0.3 is 0 Å². The first kappa shape index (κ1) is 19.9. The molecule has 0 spiro atoms. The summed E-state index contributed by atoms with van der Waals surface area (Å²) in [4.78, 5) is 13.8. The van der Waals surface area contributed by atoms with Crippen LogP contribution in [-0.4, -0.2) is 39.3 Å². The standard InChI is InChI=1S/C22H28N2O2S/c1-26-17-22(11-13-23-14-12-22)16-24-21(25)19-9-7-18(8-10-19)15-27-20-5-3-2-4-6-20/h2-10,23H,11-17H2,1H3,(H,24,25). The molecule has 1 saturated heterocycles. The van der Waals surface area contributed by atoms with Crippen LogP contribution < -0.4 is 10.6 Å². The highest BCUT2D eigenvalue weighted by Crippen LogP contribution is 2.28. The summed E-state index contributed by atoms with van der Waals surface area (Å²) in [7, 11) is 1.73. The van der Waals surface area contributed by atoms with Gasteiger partial charge in [0.1, 0.15) is 0 Å². The second-order valence-electron chi connectivity index (χ2n) is 7.16. The van der Waals surface area contributed by atoms with Crippen molar-refractivity contribution in [2.45, 2.75) is 23.5 Å². The van der Waals surface area contributed by atoms with E-state index in [0.717, 1.165) is 31.7 Å². The summed E-state index contributed by atoms with van der Waals surface area (Å²) in [6.45, 7) is 3.30. The Balaban J connectivity index is 1.52. The Labute approximate surface area is 166 Å². The first-order chi connectivity index (χ1) is 13.2. The number of piperidine rings is 1. The molecule has 0 atom stereocenters. The smallest absolute Gasteiger partial charge is 0.251 e. The molecule has 4 nitrogen and oxygen atoms in total. The molecule has 2 aromatic carbocycles. The molecule has 1 amide bonds. The van der Waals surface area contributed by atoms with E-state index in [4.69, 9.17) is 4.74 Å². The van der Waals surface area contributed by atoms with Crippen molar-refractivity contribution in [3.63, 3.8) is 0 Å². The molecule has 144 valence electrons. The average molecular weight is 385 g/mol. The van der Waals surface area contributed by atoms with E-state index < -0.39 is 0 Å². The number of nitrogens with one attached hydrogen (secondary N) is 2. The number of ether oxygens (including phenoxy) is 1. The van der Waals surface area contributed by atoms with Crippen LogP contribution in [0.4, 0.5) is 0 Å². The minimum Gasteiger partial charge on any atom is -0.384 e. The summed E-state index contributed by atoms with van der Waals surface area (Å²) in [5.41, 5.74) is 1.97. The molecule has 27 heavy (non-hydrogen) atoms. The third kappa shape index (κ3) is 5.83. The van der Waals surface area contributed by atoms with Crippen molar-refractivity contribution in [2.24, 2.45) is 5.41 Å². The lowest BCUT2D eigenvalue weighted by atomic mass is 9.79. The Bertz CT molecular complexity index is 707. The summed E-state index contributed by atoms with van der Waals surface area (Å²) < 4.78 is 5.42. The molecule has 1 heterocycles. The van der Waals surface area contributed by atoms with Crippen molar-refractivity contribution in [3.8, 4) is 0 Å². The Morgan fingerprint density at radius 1 is 1.11 bits per heavy atom. The Morgan fingerprint density at radius 2 is 1.81 bits per heavy atom. The van der Waals surface area contributed by atoms with Gasteiger partial charge in [-0.2, -0.15) is 0 Å². The molecule has 2 N–H and O–H groups in total. The number of carbonyl (C=O) groups is 1. The maximum Gasteiger partial charge on any atom is 0.251 e. The van der Waals surface area contributed by atoms with Crippen molar-refractivity contribution < 1.29 is 9.53 Å². The van der Waals surface area contributed by atoms with Crippen LogP contribution in [-0.2, 0) is 10.5 Å². The largest absolute Gasteiger partial charge is 0.384 e. The first-order valence-electron chi connectivity index (χ1n) is 9.45. The highest BCUT2D eigenvalue weighted by molar-refractivity contribution is 7.98. The normalized spacial score (nSPS) is 16.0. The second kappa shape index (κ2) is 9.93. The summed E-state index contributed by atoms with van der Waals surface area (Å²) in [5, 5.41) is 6.50. The van der Waals surface area contributed by atoms with Crippen LogP contribution in [0.1, 0.15) is 28.8 Å². The molecule has 0 bridgehead atoms. The highest BCUT2D eigenvalue weighted by atomic mass is 32.2. The topological polar surface area (TPSA) is 50.4 Å². The SMILES string of the molecule is COCC1(CNC(=O)c2ccc(CSc3ccccc3)cc2)CCNCC1. The summed E-state index contributed by atoms with van der Waals surface area (Å²) in [6, 6.07) is 18.3. The van der Waals surface area contributed by atoms with Gasteiger partial charge < -0.3 is 15.4 Å². The molecule has 0 saturated carbocycles. The number of rotatable bonds is 8. The van der Waals surface area contributed by atoms with Crippen molar-refractivity contribution in [3.05, 3.63) is 65.7 Å². The number of hydrogen-bond acceptors (Lipinski definition) is 4. The fraction of sp³-hybridized carbons (Fsp3) is 0.409. The monoisotopic (exact) mass is 384 g/mol. The Kier molecular flexibility index (Phi) is 7.33. The quantitative estimate of drug-likeness (QED) is 0.681. The lowest BCUT2D eigenvalue weighted by molar-refractivity contribution is 0.0512. The number of carbonyl (C=O) groups excluding carboxylic acids is 1. The van der Waals surface area contributed by atoms with E-state index >= 15 is 0 Å². The molecule has 2 aromatic rings. The number of thioether (sulfide) groups is 1. The van der Waals surface area contributed by atoms with Gasteiger partial charge in [-0.3, -0.25) is 4.79 Å². The fourth-order valence-electron chi connectivity index (χ4n) is 3.44. The molecule has 0 aromatic heterocycles. The van der Waals surface area contributed by atoms with Gasteiger partial charge in [-0.15, -0.1) is 11.8 Å². The average Bonchev–Trinajstić information content (AvgIpc) is 2.73. The minimum absolute atomic E-state index is 0.00808. The third-order valence-corrected chi connectivity index (χ3v) is 6.19. The van der Waals surface area contributed by atoms with Crippen molar-refractivity contribution in [2.75, 3.05) is 33.4 Å². The molecule has 1 fully saturated rings. The number of methoxy groups -OCH3 is 1. The maximum absolute atomic E-state index is 12.6. The van der Waals surface area contributed by atoms with Crippen LogP contribution >= 0.6 is 11.8 Å². The molecule has 5 heteroatoms. The van der Waals surface area contributed by atoms with Crippen LogP contribution in [0, 0.1) is 5.41 Å². The first-order valence-corrected chi connectivity index (χ1v) is 10.4. The molecule has 0 radical (unpaired) electrons. The number of benzene rings is 2. The Morgan fingerprint density at radius 3 is 2.48 bits per heavy atom. The van der Waals surface area contributed by atoms with Gasteiger partial charge in [-0.05, 0) is 55.8 Å². The third-order valence-electron chi connectivity index (χ3n) is 5.10.